The molecular formula is C8H8O2. The van der Waals surface area contributed by atoms with Gasteiger partial charge in [0.2, 0.25) is 0 Å². The van der Waals surface area contributed by atoms with E-state index in [1.165, 1.54) is 12.2 Å². The van der Waals surface area contributed by atoms with Gasteiger partial charge in [-0.1, -0.05) is 13.5 Å². The lowest BCUT2D eigenvalue weighted by Gasteiger charge is -2.11. The Bertz CT molecular complexity index is 236. The lowest BCUT2D eigenvalue weighted by Crippen LogP contribution is -2.20. The highest BCUT2D eigenvalue weighted by molar-refractivity contribution is 6.15. The molecule has 0 heterocycles. The summed E-state index contributed by atoms with van der Waals surface area (Å²) in [5, 5.41) is 0. The summed E-state index contributed by atoms with van der Waals surface area (Å²) in [6.45, 7) is 5.19. The Kier molecular flexibility index (Phi) is 1.53. The van der Waals surface area contributed by atoms with Crippen molar-refractivity contribution in [3.8, 4) is 0 Å². The number of ketones is 2. The lowest BCUT2D eigenvalue weighted by atomic mass is 9.90. The van der Waals surface area contributed by atoms with Gasteiger partial charge in [-0.15, -0.1) is 0 Å². The molecule has 0 fully saturated rings. The minimum absolute atomic E-state index is 0.0374. The van der Waals surface area contributed by atoms with Crippen molar-refractivity contribution in [1.82, 2.24) is 0 Å². The third kappa shape index (κ3) is 0.923. The van der Waals surface area contributed by atoms with E-state index in [2.05, 4.69) is 6.58 Å². The maximum atomic E-state index is 10.9. The van der Waals surface area contributed by atoms with Gasteiger partial charge in [0.1, 0.15) is 0 Å². The molecule has 0 radical (unpaired) electrons. The molecule has 1 aliphatic carbocycles. The minimum Gasteiger partial charge on any atom is -0.294 e. The first-order valence-electron chi connectivity index (χ1n) is 3.08. The number of hydrogen-bond donors (Lipinski definition) is 0. The first-order chi connectivity index (χ1) is 4.63. The van der Waals surface area contributed by atoms with E-state index in [1.54, 1.807) is 6.92 Å². The van der Waals surface area contributed by atoms with E-state index in [4.69, 9.17) is 0 Å². The molecule has 1 unspecified atom stereocenters. The van der Waals surface area contributed by atoms with Gasteiger partial charge in [-0.25, -0.2) is 0 Å². The second-order valence-corrected chi connectivity index (χ2v) is 2.35. The fraction of sp³-hybridized carbons (Fsp3) is 0.250. The van der Waals surface area contributed by atoms with Gasteiger partial charge in [-0.3, -0.25) is 9.59 Å². The van der Waals surface area contributed by atoms with Gasteiger partial charge in [0.05, 0.1) is 0 Å². The van der Waals surface area contributed by atoms with Crippen molar-refractivity contribution in [3.63, 3.8) is 0 Å². The third-order valence-electron chi connectivity index (χ3n) is 1.66. The first-order valence-corrected chi connectivity index (χ1v) is 3.08. The van der Waals surface area contributed by atoms with Crippen LogP contribution in [0.3, 0.4) is 0 Å². The summed E-state index contributed by atoms with van der Waals surface area (Å²) in [6, 6.07) is 0. The van der Waals surface area contributed by atoms with Gasteiger partial charge in [0.15, 0.2) is 11.6 Å². The average Bonchev–Trinajstić information content (AvgIpc) is 1.93. The SMILES string of the molecule is C=C1C(=O)C=CC(=O)C1C. The predicted molar refractivity (Wildman–Crippen MR) is 37.5 cm³/mol. The summed E-state index contributed by atoms with van der Waals surface area (Å²) in [5.41, 5.74) is 0.396. The summed E-state index contributed by atoms with van der Waals surface area (Å²) >= 11 is 0. The summed E-state index contributed by atoms with van der Waals surface area (Å²) in [5.74, 6) is -0.491. The quantitative estimate of drug-likeness (QED) is 0.463. The predicted octanol–water partition coefficient (Wildman–Crippen LogP) is 0.887. The molecule has 52 valence electrons. The van der Waals surface area contributed by atoms with Crippen molar-refractivity contribution >= 4 is 11.6 Å². The van der Waals surface area contributed by atoms with Crippen LogP contribution in [0.25, 0.3) is 0 Å². The molecule has 0 saturated heterocycles. The molecule has 0 N–H and O–H groups in total. The maximum absolute atomic E-state index is 10.9. The largest absolute Gasteiger partial charge is 0.294 e. The Morgan fingerprint density at radius 3 is 2.50 bits per heavy atom. The van der Waals surface area contributed by atoms with Crippen molar-refractivity contribution < 1.29 is 9.59 Å². The van der Waals surface area contributed by atoms with Crippen LogP contribution in [0.5, 0.6) is 0 Å². The fourth-order valence-electron chi connectivity index (χ4n) is 0.794. The van der Waals surface area contributed by atoms with Gasteiger partial charge >= 0.3 is 0 Å². The van der Waals surface area contributed by atoms with Crippen LogP contribution in [0.4, 0.5) is 0 Å². The molecular weight excluding hydrogens is 128 g/mol. The summed E-state index contributed by atoms with van der Waals surface area (Å²) in [6.07, 6.45) is 2.58. The van der Waals surface area contributed by atoms with Crippen LogP contribution >= 0.6 is 0 Å². The number of allylic oxidation sites excluding steroid dienone is 3. The van der Waals surface area contributed by atoms with Crippen LogP contribution in [0.15, 0.2) is 24.3 Å². The van der Waals surface area contributed by atoms with Crippen LogP contribution in [0, 0.1) is 5.92 Å². The molecule has 1 aliphatic rings. The second kappa shape index (κ2) is 2.21. The Labute approximate surface area is 59.2 Å². The Hall–Kier alpha value is -1.18. The van der Waals surface area contributed by atoms with E-state index in [0.29, 0.717) is 5.57 Å². The van der Waals surface area contributed by atoms with E-state index in [1.807, 2.05) is 0 Å². The zero-order valence-corrected chi connectivity index (χ0v) is 5.76. The van der Waals surface area contributed by atoms with Gasteiger partial charge in [0, 0.05) is 11.5 Å². The molecule has 0 aliphatic heterocycles. The average molecular weight is 136 g/mol. The standard InChI is InChI=1S/C8H8O2/c1-5-6(2)8(10)4-3-7(5)9/h3-4,6H,1H2,2H3. The third-order valence-corrected chi connectivity index (χ3v) is 1.66. The van der Waals surface area contributed by atoms with Gasteiger partial charge in [-0.2, -0.15) is 0 Å². The van der Waals surface area contributed by atoms with Gasteiger partial charge in [0.25, 0.3) is 0 Å². The van der Waals surface area contributed by atoms with Crippen LogP contribution in [-0.4, -0.2) is 11.6 Å². The molecule has 2 heteroatoms. The van der Waals surface area contributed by atoms with Crippen molar-refractivity contribution in [2.45, 2.75) is 6.92 Å². The number of carbonyl (C=O) groups excluding carboxylic acids is 2. The molecule has 0 saturated carbocycles. The summed E-state index contributed by atoms with van der Waals surface area (Å²) in [4.78, 5) is 21.7. The first kappa shape index (κ1) is 6.93. The molecule has 0 aromatic carbocycles. The van der Waals surface area contributed by atoms with Crippen LogP contribution in [0.2, 0.25) is 0 Å². The van der Waals surface area contributed by atoms with Crippen molar-refractivity contribution in [2.75, 3.05) is 0 Å². The molecule has 0 aromatic heterocycles. The molecule has 0 amide bonds. The second-order valence-electron chi connectivity index (χ2n) is 2.35. The molecule has 10 heavy (non-hydrogen) atoms. The van der Waals surface area contributed by atoms with Crippen LogP contribution in [-0.2, 0) is 9.59 Å². The van der Waals surface area contributed by atoms with Crippen molar-refractivity contribution in [1.29, 1.82) is 0 Å². The smallest absolute Gasteiger partial charge is 0.182 e. The van der Waals surface area contributed by atoms with Gasteiger partial charge in [-0.05, 0) is 12.2 Å². The maximum Gasteiger partial charge on any atom is 0.182 e. The molecule has 0 bridgehead atoms. The Morgan fingerprint density at radius 1 is 1.40 bits per heavy atom. The van der Waals surface area contributed by atoms with Crippen LogP contribution < -0.4 is 0 Å². The number of hydrogen-bond acceptors (Lipinski definition) is 2. The zero-order chi connectivity index (χ0) is 7.72. The van der Waals surface area contributed by atoms with E-state index < -0.39 is 0 Å². The number of rotatable bonds is 0. The van der Waals surface area contributed by atoms with Crippen molar-refractivity contribution in [2.24, 2.45) is 5.92 Å². The highest BCUT2D eigenvalue weighted by atomic mass is 16.1. The topological polar surface area (TPSA) is 34.1 Å². The summed E-state index contributed by atoms with van der Waals surface area (Å²) in [7, 11) is 0. The molecule has 1 rings (SSSR count). The Balaban J connectivity index is 3.00. The molecule has 0 spiro atoms. The monoisotopic (exact) mass is 136 g/mol. The normalized spacial score (nSPS) is 25.7. The highest BCUT2D eigenvalue weighted by Crippen LogP contribution is 2.16. The van der Waals surface area contributed by atoms with Gasteiger partial charge < -0.3 is 0 Å². The van der Waals surface area contributed by atoms with Crippen molar-refractivity contribution in [3.05, 3.63) is 24.3 Å². The van der Waals surface area contributed by atoms with E-state index in [-0.39, 0.29) is 17.5 Å². The van der Waals surface area contributed by atoms with E-state index in [0.717, 1.165) is 0 Å². The molecule has 2 nitrogen and oxygen atoms in total. The lowest BCUT2D eigenvalue weighted by molar-refractivity contribution is -0.120. The van der Waals surface area contributed by atoms with E-state index >= 15 is 0 Å². The summed E-state index contributed by atoms with van der Waals surface area (Å²) < 4.78 is 0. The zero-order valence-electron chi connectivity index (χ0n) is 5.76. The highest BCUT2D eigenvalue weighted by Gasteiger charge is 2.22. The molecule has 0 aromatic rings. The molecule has 1 atom stereocenters. The number of carbonyl (C=O) groups is 2. The van der Waals surface area contributed by atoms with E-state index in [9.17, 15) is 9.59 Å². The minimum atomic E-state index is -0.322. The Morgan fingerprint density at radius 2 is 2.00 bits per heavy atom. The van der Waals surface area contributed by atoms with Crippen LogP contribution in [0.1, 0.15) is 6.92 Å². The fourth-order valence-corrected chi connectivity index (χ4v) is 0.794.